The summed E-state index contributed by atoms with van der Waals surface area (Å²) >= 11 is 0. The van der Waals surface area contributed by atoms with E-state index in [0.717, 1.165) is 38.5 Å². The summed E-state index contributed by atoms with van der Waals surface area (Å²) in [6, 6.07) is -0.631. The molecule has 0 aliphatic rings. The van der Waals surface area contributed by atoms with E-state index in [1.807, 2.05) is 6.08 Å². The van der Waals surface area contributed by atoms with Crippen molar-refractivity contribution < 1.29 is 24.5 Å². The average molecular weight is 1170 g/mol. The lowest BCUT2D eigenvalue weighted by Gasteiger charge is -2.20. The Morgan fingerprint density at radius 2 is 0.566 bits per heavy atom. The molecule has 0 spiro atoms. The number of hydrogen-bond acceptors (Lipinski definition) is 5. The van der Waals surface area contributed by atoms with Gasteiger partial charge in [-0.2, -0.15) is 0 Å². The van der Waals surface area contributed by atoms with Crippen LogP contribution in [0.3, 0.4) is 0 Å². The van der Waals surface area contributed by atoms with Gasteiger partial charge in [0.15, 0.2) is 0 Å². The Balaban J connectivity index is 3.40. The van der Waals surface area contributed by atoms with Gasteiger partial charge < -0.3 is 20.3 Å². The number of allylic oxidation sites excluding steroid dienone is 3. The Bertz CT molecular complexity index is 1300. The third-order valence-corrected chi connectivity index (χ3v) is 18.0. The van der Waals surface area contributed by atoms with Crippen molar-refractivity contribution in [3.8, 4) is 0 Å². The topological polar surface area (TPSA) is 95.9 Å². The lowest BCUT2D eigenvalue weighted by Crippen LogP contribution is -2.45. The molecule has 492 valence electrons. The molecule has 2 unspecified atom stereocenters. The van der Waals surface area contributed by atoms with E-state index in [4.69, 9.17) is 4.74 Å². The third kappa shape index (κ3) is 69.3. The molecule has 2 atom stereocenters. The van der Waals surface area contributed by atoms with Crippen molar-refractivity contribution in [1.29, 1.82) is 0 Å². The highest BCUT2D eigenvalue weighted by molar-refractivity contribution is 5.76. The van der Waals surface area contributed by atoms with Crippen LogP contribution >= 0.6 is 0 Å². The number of amides is 1. The van der Waals surface area contributed by atoms with Gasteiger partial charge in [-0.3, -0.25) is 9.59 Å². The smallest absolute Gasteiger partial charge is 0.305 e. The summed E-state index contributed by atoms with van der Waals surface area (Å²) in [5, 5.41) is 23.3. The minimum Gasteiger partial charge on any atom is -0.466 e. The van der Waals surface area contributed by atoms with Crippen molar-refractivity contribution in [1.82, 2.24) is 5.32 Å². The highest BCUT2D eigenvalue weighted by Gasteiger charge is 2.18. The number of aliphatic hydroxyl groups excluding tert-OH is 2. The predicted molar refractivity (Wildman–Crippen MR) is 366 cm³/mol. The van der Waals surface area contributed by atoms with Gasteiger partial charge in [-0.15, -0.1) is 0 Å². The second-order valence-corrected chi connectivity index (χ2v) is 26.3. The molecule has 0 aliphatic heterocycles. The van der Waals surface area contributed by atoms with Gasteiger partial charge in [-0.05, 0) is 57.8 Å². The fourth-order valence-electron chi connectivity index (χ4n) is 12.2. The van der Waals surface area contributed by atoms with Crippen LogP contribution < -0.4 is 5.32 Å². The van der Waals surface area contributed by atoms with Gasteiger partial charge in [-0.1, -0.05) is 385 Å². The van der Waals surface area contributed by atoms with Gasteiger partial charge in [0.05, 0.1) is 25.4 Å². The quantitative estimate of drug-likeness (QED) is 0.0320. The molecule has 0 bridgehead atoms. The summed E-state index contributed by atoms with van der Waals surface area (Å²) in [6.45, 7) is 4.96. The van der Waals surface area contributed by atoms with E-state index in [2.05, 4.69) is 31.3 Å². The SMILES string of the molecule is CCCCCCCCCCCCCCCCCCCCCCC/C=C/C(O)C(CO)NC(=O)CCCCCCCCCCC/C=C\CCCCCCCCCCCCCCOC(=O)CCCCCCCCCCCCCCCCCCCC. The minimum absolute atomic E-state index is 0.0185. The number of unbranched alkanes of at least 4 members (excludes halogenated alkanes) is 59. The van der Waals surface area contributed by atoms with E-state index >= 15 is 0 Å². The van der Waals surface area contributed by atoms with Crippen LogP contribution in [0.25, 0.3) is 0 Å². The number of esters is 1. The Hall–Kier alpha value is -1.66. The number of aliphatic hydroxyl groups is 2. The fourth-order valence-corrected chi connectivity index (χ4v) is 12.2. The van der Waals surface area contributed by atoms with Gasteiger partial charge in [-0.25, -0.2) is 0 Å². The molecule has 0 saturated heterocycles. The van der Waals surface area contributed by atoms with E-state index in [-0.39, 0.29) is 18.5 Å². The molecule has 0 radical (unpaired) electrons. The number of carbonyl (C=O) groups is 2. The molecule has 6 nitrogen and oxygen atoms in total. The highest BCUT2D eigenvalue weighted by Crippen LogP contribution is 2.19. The molecular formula is C77H149NO5. The number of carbonyl (C=O) groups excluding carboxylic acids is 2. The van der Waals surface area contributed by atoms with Crippen LogP contribution in [0.2, 0.25) is 0 Å². The van der Waals surface area contributed by atoms with Crippen LogP contribution in [0.15, 0.2) is 24.3 Å². The number of rotatable bonds is 72. The zero-order valence-corrected chi connectivity index (χ0v) is 56.5. The molecule has 0 fully saturated rings. The van der Waals surface area contributed by atoms with Crippen LogP contribution in [0, 0.1) is 0 Å². The van der Waals surface area contributed by atoms with E-state index < -0.39 is 12.1 Å². The van der Waals surface area contributed by atoms with Crippen LogP contribution in [-0.4, -0.2) is 47.4 Å². The Kier molecular flexibility index (Phi) is 71.4. The predicted octanol–water partition coefficient (Wildman–Crippen LogP) is 24.9. The van der Waals surface area contributed by atoms with Crippen molar-refractivity contribution >= 4 is 11.9 Å². The summed E-state index contributed by atoms with van der Waals surface area (Å²) < 4.78 is 5.51. The first-order chi connectivity index (χ1) is 41.0. The summed E-state index contributed by atoms with van der Waals surface area (Å²) in [5.74, 6) is -0.0477. The lowest BCUT2D eigenvalue weighted by molar-refractivity contribution is -0.143. The molecule has 0 rings (SSSR count). The van der Waals surface area contributed by atoms with Crippen molar-refractivity contribution in [3.63, 3.8) is 0 Å². The summed E-state index contributed by atoms with van der Waals surface area (Å²) in [6.07, 6.45) is 92.8. The van der Waals surface area contributed by atoms with Gasteiger partial charge in [0.2, 0.25) is 5.91 Å². The molecule has 0 aromatic carbocycles. The number of ether oxygens (including phenoxy) is 1. The molecule has 0 aromatic heterocycles. The van der Waals surface area contributed by atoms with Crippen LogP contribution in [0.4, 0.5) is 0 Å². The van der Waals surface area contributed by atoms with E-state index in [9.17, 15) is 19.8 Å². The molecule has 1 amide bonds. The van der Waals surface area contributed by atoms with E-state index in [0.29, 0.717) is 19.4 Å². The number of nitrogens with one attached hydrogen (secondary N) is 1. The normalized spacial score (nSPS) is 12.6. The largest absolute Gasteiger partial charge is 0.466 e. The molecule has 0 saturated carbocycles. The molecule has 0 heterocycles. The van der Waals surface area contributed by atoms with E-state index in [1.165, 1.54) is 366 Å². The Morgan fingerprint density at radius 1 is 0.325 bits per heavy atom. The van der Waals surface area contributed by atoms with Gasteiger partial charge in [0, 0.05) is 12.8 Å². The zero-order valence-electron chi connectivity index (χ0n) is 56.5. The monoisotopic (exact) mass is 1170 g/mol. The maximum Gasteiger partial charge on any atom is 0.305 e. The van der Waals surface area contributed by atoms with Gasteiger partial charge in [0.1, 0.15) is 0 Å². The summed E-state index contributed by atoms with van der Waals surface area (Å²) in [5.41, 5.74) is 0. The molecule has 6 heteroatoms. The molecule has 3 N–H and O–H groups in total. The Labute approximate surface area is 520 Å². The third-order valence-electron chi connectivity index (χ3n) is 18.0. The first-order valence-electron chi connectivity index (χ1n) is 38.1. The summed E-state index contributed by atoms with van der Waals surface area (Å²) in [4.78, 5) is 24.7. The maximum atomic E-state index is 12.5. The van der Waals surface area contributed by atoms with Gasteiger partial charge in [0.25, 0.3) is 0 Å². The molecular weight excluding hydrogens is 1020 g/mol. The highest BCUT2D eigenvalue weighted by atomic mass is 16.5. The summed E-state index contributed by atoms with van der Waals surface area (Å²) in [7, 11) is 0. The maximum absolute atomic E-state index is 12.5. The number of hydrogen-bond donors (Lipinski definition) is 3. The standard InChI is InChI=1S/C77H149NO5/c1-3-5-7-9-11-13-15-17-19-21-23-24-28-31-34-37-41-45-49-53-57-61-65-69-75(80)74(73-79)78-76(81)70-66-62-58-54-50-46-42-38-35-32-29-26-25-27-30-33-36-40-44-48-52-56-60-64-68-72-83-77(82)71-67-63-59-55-51-47-43-39-22-20-18-16-14-12-10-8-6-4-2/h26,29,65,69,74-75,79-80H,3-25,27-28,30-64,66-68,70-73H2,1-2H3,(H,78,81)/b29-26-,69-65+. The second-order valence-electron chi connectivity index (χ2n) is 26.3. The van der Waals surface area contributed by atoms with Crippen molar-refractivity contribution in [3.05, 3.63) is 24.3 Å². The molecule has 0 aromatic rings. The van der Waals surface area contributed by atoms with Crippen molar-refractivity contribution in [2.75, 3.05) is 13.2 Å². The first-order valence-corrected chi connectivity index (χ1v) is 38.1. The van der Waals surface area contributed by atoms with Crippen molar-refractivity contribution in [2.45, 2.75) is 443 Å². The lowest BCUT2D eigenvalue weighted by atomic mass is 10.0. The second kappa shape index (κ2) is 72.8. The molecule has 83 heavy (non-hydrogen) atoms. The van der Waals surface area contributed by atoms with Crippen LogP contribution in [-0.2, 0) is 14.3 Å². The fraction of sp³-hybridized carbons (Fsp3) is 0.922. The molecule has 0 aliphatic carbocycles. The van der Waals surface area contributed by atoms with Gasteiger partial charge >= 0.3 is 5.97 Å². The average Bonchev–Trinajstić information content (AvgIpc) is 3.49. The van der Waals surface area contributed by atoms with Crippen LogP contribution in [0.5, 0.6) is 0 Å². The Morgan fingerprint density at radius 3 is 0.855 bits per heavy atom. The van der Waals surface area contributed by atoms with E-state index in [1.54, 1.807) is 6.08 Å². The van der Waals surface area contributed by atoms with Crippen LogP contribution in [0.1, 0.15) is 431 Å². The van der Waals surface area contributed by atoms with Crippen molar-refractivity contribution in [2.24, 2.45) is 0 Å². The minimum atomic E-state index is -0.848. The first kappa shape index (κ1) is 81.3. The zero-order chi connectivity index (χ0) is 59.9.